The van der Waals surface area contributed by atoms with Gasteiger partial charge in [-0.1, -0.05) is 0 Å². The molecule has 0 radical (unpaired) electrons. The Morgan fingerprint density at radius 2 is 2.14 bits per heavy atom. The molecule has 1 rings (SSSR count). The quantitative estimate of drug-likeness (QED) is 0.715. The van der Waals surface area contributed by atoms with Crippen LogP contribution in [0.1, 0.15) is 23.0 Å². The van der Waals surface area contributed by atoms with Crippen molar-refractivity contribution < 1.29 is 9.53 Å². The second-order valence-corrected chi connectivity index (χ2v) is 4.96. The maximum Gasteiger partial charge on any atom is 0.251 e. The fraction of sp³-hybridized carbons (Fsp3) is 0.600. The van der Waals surface area contributed by atoms with Crippen LogP contribution in [0.4, 0.5) is 5.82 Å². The molecule has 0 aliphatic heterocycles. The van der Waals surface area contributed by atoms with Crippen molar-refractivity contribution in [1.29, 1.82) is 0 Å². The first kappa shape index (κ1) is 17.4. The van der Waals surface area contributed by atoms with Gasteiger partial charge in [0.15, 0.2) is 0 Å². The largest absolute Gasteiger partial charge is 0.383 e. The topological polar surface area (TPSA) is 66.5 Å². The van der Waals surface area contributed by atoms with E-state index >= 15 is 0 Å². The molecule has 0 aliphatic rings. The van der Waals surface area contributed by atoms with Gasteiger partial charge in [-0.15, -0.1) is 0 Å². The lowest BCUT2D eigenvalue weighted by Gasteiger charge is -2.16. The van der Waals surface area contributed by atoms with Crippen LogP contribution in [0.2, 0.25) is 0 Å². The first-order valence-electron chi connectivity index (χ1n) is 7.25. The number of rotatable bonds is 9. The smallest absolute Gasteiger partial charge is 0.251 e. The normalized spacial score (nSPS) is 10.7. The SMILES string of the molecule is CCNc1cc(C(=O)NCCN(C)CCOC)cc(C)n1. The molecule has 0 bridgehead atoms. The summed E-state index contributed by atoms with van der Waals surface area (Å²) in [4.78, 5) is 18.6. The number of aromatic nitrogens is 1. The molecule has 6 nitrogen and oxygen atoms in total. The first-order chi connectivity index (χ1) is 10.1. The number of nitrogens with zero attached hydrogens (tertiary/aromatic N) is 2. The highest BCUT2D eigenvalue weighted by molar-refractivity contribution is 5.95. The number of methoxy groups -OCH3 is 1. The minimum absolute atomic E-state index is 0.0696. The van der Waals surface area contributed by atoms with Crippen LogP contribution in [-0.4, -0.2) is 62.7 Å². The van der Waals surface area contributed by atoms with Crippen molar-refractivity contribution in [2.24, 2.45) is 0 Å². The number of anilines is 1. The molecule has 0 aliphatic carbocycles. The van der Waals surface area contributed by atoms with E-state index in [-0.39, 0.29) is 5.91 Å². The number of nitrogens with one attached hydrogen (secondary N) is 2. The van der Waals surface area contributed by atoms with Gasteiger partial charge in [-0.3, -0.25) is 4.79 Å². The molecule has 0 fully saturated rings. The molecular formula is C15H26N4O2. The molecule has 0 atom stereocenters. The van der Waals surface area contributed by atoms with Crippen LogP contribution in [0.3, 0.4) is 0 Å². The number of carbonyl (C=O) groups is 1. The number of aryl methyl sites for hydroxylation is 1. The molecule has 0 aromatic carbocycles. The lowest BCUT2D eigenvalue weighted by molar-refractivity contribution is 0.0947. The Labute approximate surface area is 126 Å². The van der Waals surface area contributed by atoms with Crippen LogP contribution in [0.25, 0.3) is 0 Å². The molecule has 0 unspecified atom stereocenters. The molecule has 0 spiro atoms. The molecule has 1 aromatic heterocycles. The van der Waals surface area contributed by atoms with Gasteiger partial charge in [0.1, 0.15) is 5.82 Å². The van der Waals surface area contributed by atoms with Gasteiger partial charge in [-0.05, 0) is 33.0 Å². The standard InChI is InChI=1S/C15H26N4O2/c1-5-16-14-11-13(10-12(2)18-14)15(20)17-6-7-19(3)8-9-21-4/h10-11H,5-9H2,1-4H3,(H,16,18)(H,17,20). The minimum Gasteiger partial charge on any atom is -0.383 e. The Kier molecular flexibility index (Phi) is 7.71. The van der Waals surface area contributed by atoms with Gasteiger partial charge < -0.3 is 20.3 Å². The van der Waals surface area contributed by atoms with E-state index in [1.54, 1.807) is 19.2 Å². The molecule has 1 amide bonds. The molecule has 118 valence electrons. The fourth-order valence-corrected chi connectivity index (χ4v) is 1.89. The van der Waals surface area contributed by atoms with Gasteiger partial charge >= 0.3 is 0 Å². The van der Waals surface area contributed by atoms with Gasteiger partial charge in [0.2, 0.25) is 0 Å². The van der Waals surface area contributed by atoms with Crippen molar-refractivity contribution in [1.82, 2.24) is 15.2 Å². The van der Waals surface area contributed by atoms with Crippen LogP contribution in [-0.2, 0) is 4.74 Å². The van der Waals surface area contributed by atoms with Gasteiger partial charge in [0.25, 0.3) is 5.91 Å². The number of hydrogen-bond acceptors (Lipinski definition) is 5. The highest BCUT2D eigenvalue weighted by Gasteiger charge is 2.08. The predicted octanol–water partition coefficient (Wildman–Crippen LogP) is 1.13. The zero-order valence-electron chi connectivity index (χ0n) is 13.4. The third-order valence-corrected chi connectivity index (χ3v) is 3.03. The Morgan fingerprint density at radius 3 is 2.81 bits per heavy atom. The number of hydrogen-bond donors (Lipinski definition) is 2. The molecule has 1 heterocycles. The van der Waals surface area contributed by atoms with Crippen molar-refractivity contribution in [2.75, 3.05) is 52.3 Å². The molecule has 2 N–H and O–H groups in total. The Balaban J connectivity index is 2.48. The molecule has 0 saturated heterocycles. The lowest BCUT2D eigenvalue weighted by atomic mass is 10.2. The molecule has 0 saturated carbocycles. The van der Waals surface area contributed by atoms with Crippen LogP contribution in [0.5, 0.6) is 0 Å². The summed E-state index contributed by atoms with van der Waals surface area (Å²) in [5, 5.41) is 6.05. The van der Waals surface area contributed by atoms with E-state index < -0.39 is 0 Å². The van der Waals surface area contributed by atoms with Gasteiger partial charge in [0, 0.05) is 44.5 Å². The number of pyridine rings is 1. The Hall–Kier alpha value is -1.66. The zero-order valence-corrected chi connectivity index (χ0v) is 13.4. The van der Waals surface area contributed by atoms with Crippen molar-refractivity contribution in [3.8, 4) is 0 Å². The highest BCUT2D eigenvalue weighted by Crippen LogP contribution is 2.09. The van der Waals surface area contributed by atoms with E-state index in [4.69, 9.17) is 4.74 Å². The third kappa shape index (κ3) is 6.55. The van der Waals surface area contributed by atoms with Crippen LogP contribution in [0.15, 0.2) is 12.1 Å². The average molecular weight is 294 g/mol. The van der Waals surface area contributed by atoms with Crippen molar-refractivity contribution in [2.45, 2.75) is 13.8 Å². The van der Waals surface area contributed by atoms with E-state index in [0.717, 1.165) is 31.1 Å². The predicted molar refractivity (Wildman–Crippen MR) is 84.8 cm³/mol. The number of likely N-dealkylation sites (N-methyl/N-ethyl adjacent to an activating group) is 1. The number of amides is 1. The molecular weight excluding hydrogens is 268 g/mol. The van der Waals surface area contributed by atoms with E-state index in [0.29, 0.717) is 18.7 Å². The average Bonchev–Trinajstić information content (AvgIpc) is 2.44. The minimum atomic E-state index is -0.0696. The summed E-state index contributed by atoms with van der Waals surface area (Å²) in [5.74, 6) is 0.666. The van der Waals surface area contributed by atoms with Crippen LogP contribution < -0.4 is 10.6 Å². The maximum absolute atomic E-state index is 12.1. The van der Waals surface area contributed by atoms with E-state index in [9.17, 15) is 4.79 Å². The summed E-state index contributed by atoms with van der Waals surface area (Å²) >= 11 is 0. The second kappa shape index (κ2) is 9.31. The summed E-state index contributed by atoms with van der Waals surface area (Å²) in [7, 11) is 3.69. The van der Waals surface area contributed by atoms with Gasteiger partial charge in [-0.25, -0.2) is 4.98 Å². The number of ether oxygens (including phenoxy) is 1. The monoisotopic (exact) mass is 294 g/mol. The zero-order chi connectivity index (χ0) is 15.7. The van der Waals surface area contributed by atoms with Crippen molar-refractivity contribution >= 4 is 11.7 Å². The Bertz CT molecular complexity index is 451. The molecule has 1 aromatic rings. The maximum atomic E-state index is 12.1. The summed E-state index contributed by atoms with van der Waals surface area (Å²) in [5.41, 5.74) is 1.47. The second-order valence-electron chi connectivity index (χ2n) is 4.96. The summed E-state index contributed by atoms with van der Waals surface area (Å²) < 4.78 is 5.02. The molecule has 21 heavy (non-hydrogen) atoms. The number of carbonyl (C=O) groups excluding carboxylic acids is 1. The van der Waals surface area contributed by atoms with Crippen LogP contribution in [0, 0.1) is 6.92 Å². The third-order valence-electron chi connectivity index (χ3n) is 3.03. The highest BCUT2D eigenvalue weighted by atomic mass is 16.5. The van der Waals surface area contributed by atoms with Gasteiger partial charge in [0.05, 0.1) is 6.61 Å². The Morgan fingerprint density at radius 1 is 1.38 bits per heavy atom. The van der Waals surface area contributed by atoms with Crippen molar-refractivity contribution in [3.63, 3.8) is 0 Å². The van der Waals surface area contributed by atoms with E-state index in [1.165, 1.54) is 0 Å². The van der Waals surface area contributed by atoms with E-state index in [2.05, 4.69) is 20.5 Å². The van der Waals surface area contributed by atoms with Gasteiger partial charge in [-0.2, -0.15) is 0 Å². The summed E-state index contributed by atoms with van der Waals surface area (Å²) in [6.45, 7) is 7.61. The fourth-order valence-electron chi connectivity index (χ4n) is 1.89. The van der Waals surface area contributed by atoms with Crippen molar-refractivity contribution in [3.05, 3.63) is 23.4 Å². The lowest BCUT2D eigenvalue weighted by Crippen LogP contribution is -2.34. The summed E-state index contributed by atoms with van der Waals surface area (Å²) in [6.07, 6.45) is 0. The van der Waals surface area contributed by atoms with E-state index in [1.807, 2.05) is 20.9 Å². The molecule has 6 heteroatoms. The van der Waals surface area contributed by atoms with Crippen LogP contribution >= 0.6 is 0 Å². The summed E-state index contributed by atoms with van der Waals surface area (Å²) in [6, 6.07) is 3.57. The first-order valence-corrected chi connectivity index (χ1v) is 7.25.